The van der Waals surface area contributed by atoms with Gasteiger partial charge in [0.15, 0.2) is 11.7 Å². The van der Waals surface area contributed by atoms with Crippen molar-refractivity contribution in [2.75, 3.05) is 6.54 Å². The topological polar surface area (TPSA) is 84.6 Å². The third-order valence-electron chi connectivity index (χ3n) is 4.78. The molecule has 0 aromatic carbocycles. The Morgan fingerprint density at radius 1 is 1.31 bits per heavy atom. The second-order valence-electron chi connectivity index (χ2n) is 7.41. The number of nitrogens with zero attached hydrogens (tertiary/aromatic N) is 3. The van der Waals surface area contributed by atoms with E-state index in [0.29, 0.717) is 24.9 Å². The summed E-state index contributed by atoms with van der Waals surface area (Å²) in [5.74, 6) is 2.57. The summed E-state index contributed by atoms with van der Waals surface area (Å²) >= 11 is 0. The van der Waals surface area contributed by atoms with E-state index < -0.39 is 0 Å². The van der Waals surface area contributed by atoms with E-state index in [1.807, 2.05) is 25.1 Å². The molecule has 160 valence electrons. The summed E-state index contributed by atoms with van der Waals surface area (Å²) in [5, 5.41) is 10.7. The first-order valence-corrected chi connectivity index (χ1v) is 10.2. The lowest BCUT2D eigenvalue weighted by Gasteiger charge is -2.15. The van der Waals surface area contributed by atoms with E-state index >= 15 is 0 Å². The number of guanidine groups is 1. The van der Waals surface area contributed by atoms with Crippen LogP contribution >= 0.6 is 24.0 Å². The number of halogens is 1. The predicted molar refractivity (Wildman–Crippen MR) is 125 cm³/mol. The lowest BCUT2D eigenvalue weighted by molar-refractivity contribution is 0.199. The minimum atomic E-state index is 0. The Balaban J connectivity index is 0.00000300. The van der Waals surface area contributed by atoms with Crippen LogP contribution in [0, 0.1) is 0 Å². The van der Waals surface area contributed by atoms with Crippen molar-refractivity contribution in [1.29, 1.82) is 0 Å². The standard InChI is InChI=1S/C21H31N5O2.HI/c1-4-22-21(25-14-18-12-19(15(2)3)26-28-18)24-13-16-8-7-11-23-20(16)27-17-9-5-6-10-17;/h7-8,11-12,15,17H,4-6,9-10,13-14H2,1-3H3,(H2,22,24,25);1H. The zero-order valence-corrected chi connectivity index (χ0v) is 19.8. The molecule has 1 aliphatic rings. The highest BCUT2D eigenvalue weighted by molar-refractivity contribution is 14.0. The number of rotatable bonds is 8. The number of hydrogen-bond acceptors (Lipinski definition) is 5. The molecule has 0 saturated heterocycles. The zero-order chi connectivity index (χ0) is 19.8. The van der Waals surface area contributed by atoms with Gasteiger partial charge in [0.05, 0.1) is 18.8 Å². The van der Waals surface area contributed by atoms with Crippen LogP contribution in [-0.2, 0) is 13.1 Å². The summed E-state index contributed by atoms with van der Waals surface area (Å²) in [7, 11) is 0. The summed E-state index contributed by atoms with van der Waals surface area (Å²) in [5.41, 5.74) is 1.95. The van der Waals surface area contributed by atoms with Gasteiger partial charge in [-0.15, -0.1) is 24.0 Å². The van der Waals surface area contributed by atoms with Crippen molar-refractivity contribution < 1.29 is 9.26 Å². The number of hydrogen-bond donors (Lipinski definition) is 2. The van der Waals surface area contributed by atoms with Gasteiger partial charge in [-0.2, -0.15) is 0 Å². The molecule has 8 heteroatoms. The van der Waals surface area contributed by atoms with E-state index in [-0.39, 0.29) is 30.1 Å². The molecule has 0 atom stereocenters. The van der Waals surface area contributed by atoms with Crippen molar-refractivity contribution in [3.05, 3.63) is 41.4 Å². The van der Waals surface area contributed by atoms with Gasteiger partial charge in [0.1, 0.15) is 6.10 Å². The zero-order valence-electron chi connectivity index (χ0n) is 17.5. The SMILES string of the molecule is CCNC(=NCc1cccnc1OC1CCCC1)NCc1cc(C(C)C)no1.I. The molecule has 0 spiro atoms. The Morgan fingerprint density at radius 2 is 2.10 bits per heavy atom. The minimum Gasteiger partial charge on any atom is -0.474 e. The average Bonchev–Trinajstić information content (AvgIpc) is 3.37. The fourth-order valence-corrected chi connectivity index (χ4v) is 3.18. The molecule has 2 aromatic heterocycles. The van der Waals surface area contributed by atoms with Crippen LogP contribution in [0.25, 0.3) is 0 Å². The molecule has 1 fully saturated rings. The van der Waals surface area contributed by atoms with Crippen LogP contribution in [0.4, 0.5) is 0 Å². The lowest BCUT2D eigenvalue weighted by Crippen LogP contribution is -2.36. The molecule has 2 heterocycles. The van der Waals surface area contributed by atoms with Crippen molar-refractivity contribution >= 4 is 29.9 Å². The maximum absolute atomic E-state index is 6.11. The molecule has 2 aromatic rings. The Labute approximate surface area is 190 Å². The van der Waals surface area contributed by atoms with Gasteiger partial charge in [0.2, 0.25) is 5.88 Å². The van der Waals surface area contributed by atoms with Crippen LogP contribution in [0.15, 0.2) is 33.9 Å². The lowest BCUT2D eigenvalue weighted by atomic mass is 10.1. The van der Waals surface area contributed by atoms with Gasteiger partial charge in [0.25, 0.3) is 0 Å². The Kier molecular flexibility index (Phi) is 9.69. The summed E-state index contributed by atoms with van der Waals surface area (Å²) < 4.78 is 11.5. The third-order valence-corrected chi connectivity index (χ3v) is 4.78. The number of nitrogens with one attached hydrogen (secondary N) is 2. The molecule has 0 unspecified atom stereocenters. The average molecular weight is 513 g/mol. The Hall–Kier alpha value is -1.84. The van der Waals surface area contributed by atoms with Crippen molar-refractivity contribution in [3.63, 3.8) is 0 Å². The molecule has 0 radical (unpaired) electrons. The third kappa shape index (κ3) is 7.17. The van der Waals surface area contributed by atoms with Gasteiger partial charge >= 0.3 is 0 Å². The van der Waals surface area contributed by atoms with Crippen molar-refractivity contribution in [1.82, 2.24) is 20.8 Å². The molecule has 0 amide bonds. The molecule has 0 aliphatic heterocycles. The fourth-order valence-electron chi connectivity index (χ4n) is 3.18. The summed E-state index contributed by atoms with van der Waals surface area (Å²) in [6, 6.07) is 5.93. The van der Waals surface area contributed by atoms with Crippen LogP contribution in [-0.4, -0.2) is 28.7 Å². The molecule has 29 heavy (non-hydrogen) atoms. The van der Waals surface area contributed by atoms with Crippen LogP contribution in [0.1, 0.15) is 69.4 Å². The number of ether oxygens (including phenoxy) is 1. The summed E-state index contributed by atoms with van der Waals surface area (Å²) in [6.07, 6.45) is 6.75. The van der Waals surface area contributed by atoms with Gasteiger partial charge in [-0.1, -0.05) is 25.1 Å². The van der Waals surface area contributed by atoms with Gasteiger partial charge in [-0.3, -0.25) is 0 Å². The molecule has 0 bridgehead atoms. The Bertz CT molecular complexity index is 772. The van der Waals surface area contributed by atoms with Crippen LogP contribution in [0.5, 0.6) is 5.88 Å². The van der Waals surface area contributed by atoms with Crippen molar-refractivity contribution in [2.24, 2.45) is 4.99 Å². The highest BCUT2D eigenvalue weighted by Crippen LogP contribution is 2.25. The van der Waals surface area contributed by atoms with E-state index in [1.54, 1.807) is 6.20 Å². The maximum atomic E-state index is 6.11. The van der Waals surface area contributed by atoms with Gasteiger partial charge < -0.3 is 19.9 Å². The molecule has 1 saturated carbocycles. The van der Waals surface area contributed by atoms with E-state index in [1.165, 1.54) is 12.8 Å². The first-order chi connectivity index (χ1) is 13.7. The largest absolute Gasteiger partial charge is 0.474 e. The van der Waals surface area contributed by atoms with Crippen LogP contribution in [0.2, 0.25) is 0 Å². The molecule has 1 aliphatic carbocycles. The second kappa shape index (κ2) is 12.0. The van der Waals surface area contributed by atoms with E-state index in [9.17, 15) is 0 Å². The summed E-state index contributed by atoms with van der Waals surface area (Å²) in [6.45, 7) is 8.04. The van der Waals surface area contributed by atoms with Gasteiger partial charge in [-0.25, -0.2) is 9.98 Å². The molecule has 2 N–H and O–H groups in total. The highest BCUT2D eigenvalue weighted by Gasteiger charge is 2.18. The Morgan fingerprint density at radius 3 is 2.79 bits per heavy atom. The van der Waals surface area contributed by atoms with E-state index in [0.717, 1.165) is 42.4 Å². The molecule has 3 rings (SSSR count). The first-order valence-electron chi connectivity index (χ1n) is 10.2. The minimum absolute atomic E-state index is 0. The maximum Gasteiger partial charge on any atom is 0.218 e. The quantitative estimate of drug-likeness (QED) is 0.310. The predicted octanol–water partition coefficient (Wildman–Crippen LogP) is 4.39. The molecule has 7 nitrogen and oxygen atoms in total. The number of aromatic nitrogens is 2. The molecular formula is C21H32IN5O2. The van der Waals surface area contributed by atoms with Gasteiger partial charge in [0, 0.05) is 24.4 Å². The number of aliphatic imine (C=N–C) groups is 1. The van der Waals surface area contributed by atoms with Crippen molar-refractivity contribution in [2.45, 2.75) is 71.6 Å². The van der Waals surface area contributed by atoms with E-state index in [4.69, 9.17) is 9.26 Å². The molecular weight excluding hydrogens is 481 g/mol. The summed E-state index contributed by atoms with van der Waals surface area (Å²) in [4.78, 5) is 9.11. The second-order valence-corrected chi connectivity index (χ2v) is 7.41. The van der Waals surface area contributed by atoms with Crippen LogP contribution in [0.3, 0.4) is 0 Å². The van der Waals surface area contributed by atoms with E-state index in [2.05, 4.69) is 39.6 Å². The monoisotopic (exact) mass is 513 g/mol. The van der Waals surface area contributed by atoms with Gasteiger partial charge in [-0.05, 0) is 44.6 Å². The van der Waals surface area contributed by atoms with Crippen molar-refractivity contribution in [3.8, 4) is 5.88 Å². The number of pyridine rings is 1. The normalized spacial score (nSPS) is 14.7. The first kappa shape index (κ1) is 23.4. The smallest absolute Gasteiger partial charge is 0.218 e. The highest BCUT2D eigenvalue weighted by atomic mass is 127. The van der Waals surface area contributed by atoms with Crippen LogP contribution < -0.4 is 15.4 Å². The fraction of sp³-hybridized carbons (Fsp3) is 0.571.